The fraction of sp³-hybridized carbons (Fsp3) is 0.333. The van der Waals surface area contributed by atoms with Crippen molar-refractivity contribution >= 4 is 11.6 Å². The summed E-state index contributed by atoms with van der Waals surface area (Å²) in [5, 5.41) is 10.8. The molecule has 1 fully saturated rings. The number of nitrogens with one attached hydrogen (secondary N) is 1. The fourth-order valence-electron chi connectivity index (χ4n) is 1.83. The summed E-state index contributed by atoms with van der Waals surface area (Å²) < 4.78 is 0. The third kappa shape index (κ3) is 2.09. The van der Waals surface area contributed by atoms with Gasteiger partial charge in [0.05, 0.1) is 24.3 Å². The quantitative estimate of drug-likeness (QED) is 0.880. The minimum absolute atomic E-state index is 0.0780. The van der Waals surface area contributed by atoms with Gasteiger partial charge in [0, 0.05) is 5.92 Å². The molecule has 92 valence electrons. The Morgan fingerprint density at radius 1 is 1.39 bits per heavy atom. The second kappa shape index (κ2) is 4.21. The van der Waals surface area contributed by atoms with Crippen LogP contribution in [0.3, 0.4) is 0 Å². The Morgan fingerprint density at radius 3 is 2.67 bits per heavy atom. The highest BCUT2D eigenvalue weighted by Gasteiger charge is 2.39. The topological polar surface area (TPSA) is 72.7 Å². The minimum atomic E-state index is 0.0780. The lowest BCUT2D eigenvalue weighted by atomic mass is 10.3. The van der Waals surface area contributed by atoms with Crippen molar-refractivity contribution in [3.63, 3.8) is 0 Å². The smallest absolute Gasteiger partial charge is 0.227 e. The zero-order valence-corrected chi connectivity index (χ0v) is 9.95. The van der Waals surface area contributed by atoms with E-state index in [1.807, 2.05) is 0 Å². The average molecular weight is 243 g/mol. The second-order valence-electron chi connectivity index (χ2n) is 4.53. The third-order valence-corrected chi connectivity index (χ3v) is 3.09. The van der Waals surface area contributed by atoms with E-state index in [9.17, 15) is 4.79 Å². The van der Waals surface area contributed by atoms with Gasteiger partial charge in [-0.15, -0.1) is 4.80 Å². The summed E-state index contributed by atoms with van der Waals surface area (Å²) in [7, 11) is 0. The van der Waals surface area contributed by atoms with Gasteiger partial charge in [-0.25, -0.2) is 4.98 Å². The maximum atomic E-state index is 11.7. The average Bonchev–Trinajstić information content (AvgIpc) is 2.91. The Morgan fingerprint density at radius 2 is 2.11 bits per heavy atom. The molecule has 0 radical (unpaired) electrons. The Bertz CT molecular complexity index is 548. The van der Waals surface area contributed by atoms with Gasteiger partial charge in [-0.05, 0) is 24.5 Å². The first-order valence-corrected chi connectivity index (χ1v) is 5.87. The zero-order chi connectivity index (χ0) is 12.5. The second-order valence-corrected chi connectivity index (χ2v) is 4.53. The molecule has 2 heterocycles. The van der Waals surface area contributed by atoms with Gasteiger partial charge in [-0.2, -0.15) is 10.2 Å². The van der Waals surface area contributed by atoms with E-state index in [1.54, 1.807) is 30.7 Å². The van der Waals surface area contributed by atoms with Crippen molar-refractivity contribution in [1.82, 2.24) is 20.0 Å². The molecule has 0 spiro atoms. The molecule has 2 aromatic rings. The van der Waals surface area contributed by atoms with Gasteiger partial charge < -0.3 is 5.32 Å². The van der Waals surface area contributed by atoms with Gasteiger partial charge in [0.25, 0.3) is 0 Å². The third-order valence-electron chi connectivity index (χ3n) is 3.09. The van der Waals surface area contributed by atoms with Crippen LogP contribution in [-0.4, -0.2) is 25.9 Å². The van der Waals surface area contributed by atoms with E-state index in [0.29, 0.717) is 17.4 Å². The summed E-state index contributed by atoms with van der Waals surface area (Å²) in [5.41, 5.74) is 0.704. The van der Waals surface area contributed by atoms with Crippen LogP contribution in [0.5, 0.6) is 0 Å². The van der Waals surface area contributed by atoms with Crippen molar-refractivity contribution in [3.05, 3.63) is 30.7 Å². The summed E-state index contributed by atoms with van der Waals surface area (Å²) >= 11 is 0. The van der Waals surface area contributed by atoms with Crippen molar-refractivity contribution in [2.75, 3.05) is 5.32 Å². The molecule has 0 bridgehead atoms. The van der Waals surface area contributed by atoms with Crippen LogP contribution in [0, 0.1) is 11.8 Å². The molecule has 1 N–H and O–H groups in total. The van der Waals surface area contributed by atoms with Gasteiger partial charge in [-0.3, -0.25) is 4.79 Å². The van der Waals surface area contributed by atoms with E-state index in [0.717, 1.165) is 6.42 Å². The van der Waals surface area contributed by atoms with Crippen LogP contribution in [0.15, 0.2) is 30.7 Å². The number of amides is 1. The van der Waals surface area contributed by atoms with Crippen molar-refractivity contribution in [3.8, 4) is 5.82 Å². The Kier molecular flexibility index (Phi) is 2.55. The maximum absolute atomic E-state index is 11.7. The fourth-order valence-corrected chi connectivity index (χ4v) is 1.83. The van der Waals surface area contributed by atoms with Crippen molar-refractivity contribution in [1.29, 1.82) is 0 Å². The molecule has 0 unspecified atom stereocenters. The number of hydrogen-bond donors (Lipinski definition) is 1. The number of anilines is 1. The summed E-state index contributed by atoms with van der Waals surface area (Å²) in [4.78, 5) is 17.4. The number of pyridine rings is 1. The molecule has 0 saturated heterocycles. The molecular formula is C12H13N5O. The predicted molar refractivity (Wildman–Crippen MR) is 65.1 cm³/mol. The summed E-state index contributed by atoms with van der Waals surface area (Å²) in [6.07, 6.45) is 5.77. The molecule has 1 saturated carbocycles. The van der Waals surface area contributed by atoms with Crippen LogP contribution in [-0.2, 0) is 4.79 Å². The first kappa shape index (κ1) is 10.9. The Balaban J connectivity index is 1.69. The number of aromatic nitrogens is 4. The van der Waals surface area contributed by atoms with Crippen LogP contribution >= 0.6 is 0 Å². The normalized spacial score (nSPS) is 21.6. The van der Waals surface area contributed by atoms with Gasteiger partial charge in [0.15, 0.2) is 5.82 Å². The van der Waals surface area contributed by atoms with Crippen molar-refractivity contribution in [2.24, 2.45) is 11.8 Å². The summed E-state index contributed by atoms with van der Waals surface area (Å²) in [5.74, 6) is 1.37. The molecule has 3 rings (SSSR count). The van der Waals surface area contributed by atoms with E-state index in [2.05, 4.69) is 27.4 Å². The molecule has 6 heteroatoms. The molecule has 1 amide bonds. The van der Waals surface area contributed by atoms with E-state index < -0.39 is 0 Å². The Labute approximate surface area is 104 Å². The first-order chi connectivity index (χ1) is 8.74. The SMILES string of the molecule is C[C@H]1C[C@@H]1C(=O)Nc1ccc(-n2nccn2)nc1. The summed E-state index contributed by atoms with van der Waals surface area (Å²) in [6.45, 7) is 2.08. The molecule has 1 aliphatic carbocycles. The highest BCUT2D eigenvalue weighted by molar-refractivity contribution is 5.94. The van der Waals surface area contributed by atoms with E-state index in [4.69, 9.17) is 0 Å². The maximum Gasteiger partial charge on any atom is 0.227 e. The number of nitrogens with zero attached hydrogens (tertiary/aromatic N) is 4. The van der Waals surface area contributed by atoms with E-state index in [1.165, 1.54) is 4.80 Å². The van der Waals surface area contributed by atoms with Gasteiger partial charge in [0.2, 0.25) is 5.91 Å². The van der Waals surface area contributed by atoms with Crippen LogP contribution < -0.4 is 5.32 Å². The molecular weight excluding hydrogens is 230 g/mol. The van der Waals surface area contributed by atoms with Gasteiger partial charge in [0.1, 0.15) is 0 Å². The van der Waals surface area contributed by atoms with E-state index in [-0.39, 0.29) is 11.8 Å². The number of carbonyl (C=O) groups is 1. The summed E-state index contributed by atoms with van der Waals surface area (Å²) in [6, 6.07) is 3.57. The largest absolute Gasteiger partial charge is 0.324 e. The number of carbonyl (C=O) groups excluding carboxylic acids is 1. The lowest BCUT2D eigenvalue weighted by Gasteiger charge is -2.04. The standard InChI is InChI=1S/C12H13N5O/c1-8-6-10(8)12(18)16-9-2-3-11(13-7-9)17-14-4-5-15-17/h2-5,7-8,10H,6H2,1H3,(H,16,18)/t8-,10-/m0/s1. The van der Waals surface area contributed by atoms with Crippen LogP contribution in [0.1, 0.15) is 13.3 Å². The lowest BCUT2D eigenvalue weighted by Crippen LogP contribution is -2.14. The van der Waals surface area contributed by atoms with Crippen LogP contribution in [0.25, 0.3) is 5.82 Å². The lowest BCUT2D eigenvalue weighted by molar-refractivity contribution is -0.117. The molecule has 1 aliphatic rings. The molecule has 0 aromatic carbocycles. The van der Waals surface area contributed by atoms with Crippen LogP contribution in [0.2, 0.25) is 0 Å². The number of rotatable bonds is 3. The number of hydrogen-bond acceptors (Lipinski definition) is 4. The highest BCUT2D eigenvalue weighted by Crippen LogP contribution is 2.38. The van der Waals surface area contributed by atoms with Crippen molar-refractivity contribution in [2.45, 2.75) is 13.3 Å². The molecule has 18 heavy (non-hydrogen) atoms. The van der Waals surface area contributed by atoms with E-state index >= 15 is 0 Å². The first-order valence-electron chi connectivity index (χ1n) is 5.87. The zero-order valence-electron chi connectivity index (χ0n) is 9.95. The minimum Gasteiger partial charge on any atom is -0.324 e. The molecule has 2 aromatic heterocycles. The Hall–Kier alpha value is -2.24. The predicted octanol–water partition coefficient (Wildman–Crippen LogP) is 1.26. The molecule has 6 nitrogen and oxygen atoms in total. The van der Waals surface area contributed by atoms with Crippen molar-refractivity contribution < 1.29 is 4.79 Å². The van der Waals surface area contributed by atoms with Gasteiger partial charge >= 0.3 is 0 Å². The van der Waals surface area contributed by atoms with Crippen LogP contribution in [0.4, 0.5) is 5.69 Å². The highest BCUT2D eigenvalue weighted by atomic mass is 16.2. The molecule has 2 atom stereocenters. The van der Waals surface area contributed by atoms with Gasteiger partial charge in [-0.1, -0.05) is 6.92 Å². The molecule has 0 aliphatic heterocycles. The monoisotopic (exact) mass is 243 g/mol.